The lowest BCUT2D eigenvalue weighted by Crippen LogP contribution is -2.76. The summed E-state index contributed by atoms with van der Waals surface area (Å²) in [5, 5.41) is 19.3. The molecule has 2 atom stereocenters. The Kier molecular flexibility index (Phi) is 5.30. The van der Waals surface area contributed by atoms with Crippen molar-refractivity contribution in [1.29, 1.82) is 0 Å². The molecule has 1 aromatic heterocycles. The maximum atomic E-state index is 12.3. The smallest absolute Gasteiger partial charge is 0.410 e. The second-order valence-corrected chi connectivity index (χ2v) is 7.48. The van der Waals surface area contributed by atoms with Crippen molar-refractivity contribution in [1.82, 2.24) is 15.4 Å². The second-order valence-electron chi connectivity index (χ2n) is 5.33. The van der Waals surface area contributed by atoms with E-state index in [-0.39, 0.29) is 5.69 Å². The number of rotatable bonds is 6. The minimum atomic E-state index is -4.89. The fraction of sp³-hybridized carbons (Fsp3) is 0.400. The number of hydrogen-bond donors (Lipinski definition) is 4. The van der Waals surface area contributed by atoms with Crippen molar-refractivity contribution in [3.05, 3.63) is 11.1 Å². The lowest BCUT2D eigenvalue weighted by molar-refractivity contribution is -0.218. The third-order valence-corrected chi connectivity index (χ3v) is 4.90. The van der Waals surface area contributed by atoms with Crippen LogP contribution in [0.15, 0.2) is 10.5 Å². The number of aromatic nitrogens is 1. The van der Waals surface area contributed by atoms with Gasteiger partial charge in [0.2, 0.25) is 0 Å². The number of oxime groups is 1. The molecule has 25 heavy (non-hydrogen) atoms. The molecule has 15 heteroatoms. The number of hydrogen-bond acceptors (Lipinski definition) is 10. The van der Waals surface area contributed by atoms with E-state index in [2.05, 4.69) is 34.2 Å². The molecule has 2 heterocycles. The van der Waals surface area contributed by atoms with Gasteiger partial charge < -0.3 is 15.6 Å². The van der Waals surface area contributed by atoms with Crippen molar-refractivity contribution in [2.75, 3.05) is 5.09 Å². The topological polar surface area (TPSA) is 171 Å². The zero-order valence-corrected chi connectivity index (χ0v) is 15.6. The monoisotopic (exact) mass is 411 g/mol. The van der Waals surface area contributed by atoms with E-state index in [1.807, 2.05) is 0 Å². The number of anilines is 1. The van der Waals surface area contributed by atoms with Gasteiger partial charge in [-0.3, -0.25) is 14.1 Å². The zero-order valence-electron chi connectivity index (χ0n) is 12.8. The van der Waals surface area contributed by atoms with Gasteiger partial charge in [0.05, 0.1) is 5.54 Å². The maximum absolute atomic E-state index is 12.3. The van der Waals surface area contributed by atoms with Crippen molar-refractivity contribution in [2.24, 2.45) is 5.16 Å². The standard InChI is InChI=1S/C10H14N5O7PS2/c1-10(2)6(8(17)15(10)22-25(19,20)21)12-7(16)5(13-18)4-3-24-9(11-4)14-23/h3,6,18H,23H2,1-2H3,(H,11,14)(H,12,16)(H,19,20,21)/b13-5-. The van der Waals surface area contributed by atoms with E-state index in [1.165, 1.54) is 19.2 Å². The van der Waals surface area contributed by atoms with Gasteiger partial charge in [-0.1, -0.05) is 5.16 Å². The van der Waals surface area contributed by atoms with Gasteiger partial charge in [0, 0.05) is 5.38 Å². The number of carbonyl (C=O) groups excluding carboxylic acids is 2. The molecule has 0 bridgehead atoms. The van der Waals surface area contributed by atoms with Crippen molar-refractivity contribution in [3.8, 4) is 0 Å². The van der Waals surface area contributed by atoms with Crippen LogP contribution in [0.1, 0.15) is 19.5 Å². The van der Waals surface area contributed by atoms with E-state index in [1.54, 1.807) is 0 Å². The predicted molar refractivity (Wildman–Crippen MR) is 89.3 cm³/mol. The Balaban J connectivity index is 2.13. The Labute approximate surface area is 148 Å². The summed E-state index contributed by atoms with van der Waals surface area (Å²) in [7, 11) is -2.68. The molecule has 2 amide bonds. The Hall–Kier alpha value is -1.86. The highest BCUT2D eigenvalue weighted by atomic mass is 32.3. The summed E-state index contributed by atoms with van der Waals surface area (Å²) in [5.41, 5.74) is -1.64. The van der Waals surface area contributed by atoms with Gasteiger partial charge in [0.15, 0.2) is 10.8 Å². The van der Waals surface area contributed by atoms with Crippen molar-refractivity contribution < 1.29 is 32.1 Å². The third-order valence-electron chi connectivity index (χ3n) is 3.31. The fourth-order valence-corrected chi connectivity index (χ4v) is 3.41. The van der Waals surface area contributed by atoms with Gasteiger partial charge in [-0.2, -0.15) is 13.5 Å². The molecule has 0 spiro atoms. The van der Waals surface area contributed by atoms with E-state index < -0.39 is 39.5 Å². The lowest BCUT2D eigenvalue weighted by atomic mass is 9.84. The summed E-state index contributed by atoms with van der Waals surface area (Å²) in [6.45, 7) is 2.80. The summed E-state index contributed by atoms with van der Waals surface area (Å²) >= 11 is 1.15. The Morgan fingerprint density at radius 1 is 1.56 bits per heavy atom. The van der Waals surface area contributed by atoms with Crippen LogP contribution in [0.4, 0.5) is 5.13 Å². The molecule has 1 aromatic rings. The highest BCUT2D eigenvalue weighted by Crippen LogP contribution is 2.32. The number of carbonyl (C=O) groups is 2. The van der Waals surface area contributed by atoms with Crippen LogP contribution in [0.25, 0.3) is 0 Å². The molecule has 12 nitrogen and oxygen atoms in total. The van der Waals surface area contributed by atoms with E-state index in [0.717, 1.165) is 11.3 Å². The first-order valence-electron chi connectivity index (χ1n) is 6.47. The highest BCUT2D eigenvalue weighted by molar-refractivity contribution is 7.80. The zero-order chi connectivity index (χ0) is 19.0. The molecular formula is C10H14N5O7PS2. The molecule has 1 saturated heterocycles. The minimum absolute atomic E-state index is 0.0746. The van der Waals surface area contributed by atoms with E-state index in [9.17, 15) is 18.0 Å². The van der Waals surface area contributed by atoms with Crippen molar-refractivity contribution in [3.63, 3.8) is 0 Å². The van der Waals surface area contributed by atoms with Crippen LogP contribution in [-0.2, 0) is 24.3 Å². The van der Waals surface area contributed by atoms with Gasteiger partial charge in [-0.05, 0) is 23.2 Å². The fourth-order valence-electron chi connectivity index (χ4n) is 2.08. The molecule has 2 rings (SSSR count). The SMILES string of the molecule is CC1(C)C(NC(=O)/C(=N\O)c2csc(NP)n2)C(=O)N1OS(=O)(=O)O. The third kappa shape index (κ3) is 3.88. The first-order chi connectivity index (χ1) is 11.5. The van der Waals surface area contributed by atoms with E-state index in [0.29, 0.717) is 10.2 Å². The van der Waals surface area contributed by atoms with Crippen molar-refractivity contribution >= 4 is 53.8 Å². The summed E-state index contributed by atoms with van der Waals surface area (Å²) in [6.07, 6.45) is 0. The number of β-lactam (4-membered cyclic amide) rings is 1. The lowest BCUT2D eigenvalue weighted by Gasteiger charge is -2.50. The maximum Gasteiger partial charge on any atom is 0.418 e. The molecule has 1 aliphatic heterocycles. The van der Waals surface area contributed by atoms with Crippen LogP contribution >= 0.6 is 20.7 Å². The van der Waals surface area contributed by atoms with Crippen LogP contribution in [0.2, 0.25) is 0 Å². The van der Waals surface area contributed by atoms with Gasteiger partial charge in [-0.25, -0.2) is 4.98 Å². The Morgan fingerprint density at radius 2 is 2.20 bits per heavy atom. The number of nitrogens with zero attached hydrogens (tertiary/aromatic N) is 3. The van der Waals surface area contributed by atoms with Crippen LogP contribution in [0.5, 0.6) is 0 Å². The van der Waals surface area contributed by atoms with Crippen LogP contribution in [0.3, 0.4) is 0 Å². The molecule has 0 aromatic carbocycles. The quantitative estimate of drug-likeness (QED) is 0.119. The summed E-state index contributed by atoms with van der Waals surface area (Å²) in [5.74, 6) is -1.81. The molecule has 0 saturated carbocycles. The van der Waals surface area contributed by atoms with Gasteiger partial charge in [-0.15, -0.1) is 15.6 Å². The molecule has 4 N–H and O–H groups in total. The molecule has 1 fully saturated rings. The average Bonchev–Trinajstić information content (AvgIpc) is 2.98. The molecule has 2 unspecified atom stereocenters. The van der Waals surface area contributed by atoms with Gasteiger partial charge in [0.25, 0.3) is 11.8 Å². The van der Waals surface area contributed by atoms with Gasteiger partial charge in [0.1, 0.15) is 11.7 Å². The highest BCUT2D eigenvalue weighted by Gasteiger charge is 2.58. The molecule has 0 radical (unpaired) electrons. The molecule has 138 valence electrons. The summed E-state index contributed by atoms with van der Waals surface area (Å²) < 4.78 is 34.3. The van der Waals surface area contributed by atoms with Crippen LogP contribution < -0.4 is 10.4 Å². The first-order valence-corrected chi connectivity index (χ1v) is 9.30. The molecular weight excluding hydrogens is 397 g/mol. The number of thiazole rings is 1. The van der Waals surface area contributed by atoms with Crippen LogP contribution in [-0.4, -0.2) is 57.3 Å². The Bertz CT molecular complexity index is 836. The van der Waals surface area contributed by atoms with E-state index in [4.69, 9.17) is 9.76 Å². The van der Waals surface area contributed by atoms with Crippen LogP contribution in [0, 0.1) is 0 Å². The molecule has 1 aliphatic rings. The number of hydroxylamine groups is 2. The number of amides is 2. The van der Waals surface area contributed by atoms with E-state index >= 15 is 0 Å². The Morgan fingerprint density at radius 3 is 2.64 bits per heavy atom. The number of nitrogens with one attached hydrogen (secondary N) is 2. The van der Waals surface area contributed by atoms with Gasteiger partial charge >= 0.3 is 10.4 Å². The normalized spacial score (nSPS) is 20.2. The first kappa shape index (κ1) is 19.5. The average molecular weight is 411 g/mol. The largest absolute Gasteiger partial charge is 0.418 e. The summed E-state index contributed by atoms with van der Waals surface area (Å²) in [4.78, 5) is 28.2. The second kappa shape index (κ2) is 6.80. The molecule has 0 aliphatic carbocycles. The minimum Gasteiger partial charge on any atom is -0.410 e. The summed E-state index contributed by atoms with van der Waals surface area (Å²) in [6, 6.07) is -1.17. The predicted octanol–water partition coefficient (Wildman–Crippen LogP) is -0.637. The van der Waals surface area contributed by atoms with Crippen molar-refractivity contribution in [2.45, 2.75) is 25.4 Å².